The summed E-state index contributed by atoms with van der Waals surface area (Å²) in [4.78, 5) is 2.37. The quantitative estimate of drug-likeness (QED) is 0.599. The third kappa shape index (κ3) is 5.20. The molecule has 2 N–H and O–H groups in total. The van der Waals surface area contributed by atoms with Gasteiger partial charge in [0.1, 0.15) is 9.79 Å². The summed E-state index contributed by atoms with van der Waals surface area (Å²) in [5.41, 5.74) is 2.38. The Kier molecular flexibility index (Phi) is 8.18. The Morgan fingerprint density at radius 2 is 2.04 bits per heavy atom. The van der Waals surface area contributed by atoms with Gasteiger partial charge in [0.25, 0.3) is 10.0 Å². The van der Waals surface area contributed by atoms with Crippen LogP contribution in [0.4, 0.5) is 5.69 Å². The highest BCUT2D eigenvalue weighted by molar-refractivity contribution is 7.94. The molecule has 3 heterocycles. The van der Waals surface area contributed by atoms with Gasteiger partial charge in [-0.1, -0.05) is 6.07 Å². The third-order valence-corrected chi connectivity index (χ3v) is 7.25. The maximum absolute atomic E-state index is 12.5. The molecule has 1 aromatic carbocycles. The van der Waals surface area contributed by atoms with Gasteiger partial charge in [-0.05, 0) is 49.2 Å². The molecule has 154 valence electrons. The standard InChI is InChI=1S/C18H21N3O3S2.2ClH/c22-26(23,17-3-1-10-25-17)20-16-11-14-4-9-24-18(14)15(12-16)13-21-7-2-5-19-6-8-21;;/h1,3-4,9-12,19-20H,2,5-8,13H2;2*1H. The van der Waals surface area contributed by atoms with Gasteiger partial charge in [0, 0.05) is 30.6 Å². The number of fused-ring (bicyclic) bond motifs is 1. The largest absolute Gasteiger partial charge is 0.464 e. The van der Waals surface area contributed by atoms with E-state index in [-0.39, 0.29) is 24.8 Å². The molecule has 10 heteroatoms. The molecule has 0 bridgehead atoms. The zero-order chi connectivity index (χ0) is 18.0. The van der Waals surface area contributed by atoms with Crippen molar-refractivity contribution < 1.29 is 12.8 Å². The number of nitrogens with zero attached hydrogens (tertiary/aromatic N) is 1. The van der Waals surface area contributed by atoms with Crippen molar-refractivity contribution in [2.45, 2.75) is 17.2 Å². The first kappa shape index (κ1) is 23.0. The van der Waals surface area contributed by atoms with Gasteiger partial charge in [0.2, 0.25) is 0 Å². The van der Waals surface area contributed by atoms with Crippen molar-refractivity contribution in [1.82, 2.24) is 10.2 Å². The fraction of sp³-hybridized carbons (Fsp3) is 0.333. The minimum Gasteiger partial charge on any atom is -0.464 e. The van der Waals surface area contributed by atoms with E-state index in [1.165, 1.54) is 11.3 Å². The molecule has 0 aliphatic carbocycles. The van der Waals surface area contributed by atoms with Crippen molar-refractivity contribution in [2.24, 2.45) is 0 Å². The van der Waals surface area contributed by atoms with Crippen LogP contribution >= 0.6 is 36.2 Å². The molecule has 0 saturated carbocycles. The smallest absolute Gasteiger partial charge is 0.271 e. The SMILES string of the molecule is Cl.Cl.O=S(=O)(Nc1cc(CN2CCCNCC2)c2occc2c1)c1cccs1. The maximum atomic E-state index is 12.5. The van der Waals surface area contributed by atoms with Crippen molar-refractivity contribution in [3.63, 3.8) is 0 Å². The molecule has 4 rings (SSSR count). The van der Waals surface area contributed by atoms with Gasteiger partial charge < -0.3 is 9.73 Å². The Balaban J connectivity index is 0.00000140. The van der Waals surface area contributed by atoms with Gasteiger partial charge in [0.15, 0.2) is 0 Å². The molecule has 0 amide bonds. The highest BCUT2D eigenvalue weighted by Crippen LogP contribution is 2.28. The van der Waals surface area contributed by atoms with Crippen molar-refractivity contribution in [3.8, 4) is 0 Å². The average molecular weight is 464 g/mol. The molecule has 1 fully saturated rings. The summed E-state index contributed by atoms with van der Waals surface area (Å²) >= 11 is 1.21. The molecular formula is C18H23Cl2N3O3S2. The number of sulfonamides is 1. The molecule has 0 spiro atoms. The van der Waals surface area contributed by atoms with Crippen molar-refractivity contribution in [3.05, 3.63) is 47.5 Å². The van der Waals surface area contributed by atoms with E-state index < -0.39 is 10.0 Å². The topological polar surface area (TPSA) is 74.6 Å². The second-order valence-corrected chi connectivity index (χ2v) is 9.25. The zero-order valence-electron chi connectivity index (χ0n) is 15.1. The first-order valence-electron chi connectivity index (χ1n) is 8.61. The first-order valence-corrected chi connectivity index (χ1v) is 11.0. The highest BCUT2D eigenvalue weighted by Gasteiger charge is 2.18. The van der Waals surface area contributed by atoms with Crippen LogP contribution in [0, 0.1) is 0 Å². The van der Waals surface area contributed by atoms with Crippen LogP contribution in [0.3, 0.4) is 0 Å². The van der Waals surface area contributed by atoms with Crippen LogP contribution in [-0.4, -0.2) is 39.5 Å². The fourth-order valence-electron chi connectivity index (χ4n) is 3.26. The molecule has 0 atom stereocenters. The Morgan fingerprint density at radius 1 is 1.18 bits per heavy atom. The van der Waals surface area contributed by atoms with E-state index in [1.807, 2.05) is 18.2 Å². The lowest BCUT2D eigenvalue weighted by Gasteiger charge is -2.20. The third-order valence-electron chi connectivity index (χ3n) is 4.47. The number of anilines is 1. The van der Waals surface area contributed by atoms with Gasteiger partial charge in [-0.3, -0.25) is 9.62 Å². The molecule has 2 aromatic heterocycles. The minimum absolute atomic E-state index is 0. The molecular weight excluding hydrogens is 441 g/mol. The van der Waals surface area contributed by atoms with E-state index in [1.54, 1.807) is 23.8 Å². The fourth-order valence-corrected chi connectivity index (χ4v) is 5.29. The normalized spacial score (nSPS) is 15.4. The molecule has 0 unspecified atom stereocenters. The van der Waals surface area contributed by atoms with Gasteiger partial charge >= 0.3 is 0 Å². The van der Waals surface area contributed by atoms with Gasteiger partial charge in [-0.25, -0.2) is 8.42 Å². The lowest BCUT2D eigenvalue weighted by Crippen LogP contribution is -2.27. The van der Waals surface area contributed by atoms with E-state index in [4.69, 9.17) is 4.42 Å². The molecule has 6 nitrogen and oxygen atoms in total. The number of benzene rings is 1. The Bertz CT molecular complexity index is 983. The van der Waals surface area contributed by atoms with E-state index in [0.29, 0.717) is 9.90 Å². The predicted molar refractivity (Wildman–Crippen MR) is 119 cm³/mol. The number of nitrogens with one attached hydrogen (secondary N) is 2. The monoisotopic (exact) mass is 463 g/mol. The molecule has 0 radical (unpaired) electrons. The van der Waals surface area contributed by atoms with Crippen molar-refractivity contribution >= 4 is 62.8 Å². The number of hydrogen-bond donors (Lipinski definition) is 2. The summed E-state index contributed by atoms with van der Waals surface area (Å²) in [6.07, 6.45) is 2.75. The number of hydrogen-bond acceptors (Lipinski definition) is 6. The van der Waals surface area contributed by atoms with Gasteiger partial charge in [-0.2, -0.15) is 0 Å². The highest BCUT2D eigenvalue weighted by atomic mass is 35.5. The lowest BCUT2D eigenvalue weighted by atomic mass is 10.1. The summed E-state index contributed by atoms with van der Waals surface area (Å²) in [5.74, 6) is 0. The van der Waals surface area contributed by atoms with Crippen LogP contribution in [0.2, 0.25) is 0 Å². The molecule has 3 aromatic rings. The number of halogens is 2. The van der Waals surface area contributed by atoms with Crippen LogP contribution in [0.25, 0.3) is 11.0 Å². The molecule has 28 heavy (non-hydrogen) atoms. The van der Waals surface area contributed by atoms with E-state index in [0.717, 1.165) is 55.7 Å². The van der Waals surface area contributed by atoms with Crippen molar-refractivity contribution in [1.29, 1.82) is 0 Å². The number of furan rings is 1. The second kappa shape index (κ2) is 9.96. The average Bonchev–Trinajstić information content (AvgIpc) is 3.24. The minimum atomic E-state index is -3.56. The second-order valence-electron chi connectivity index (χ2n) is 6.39. The molecule has 1 aliphatic heterocycles. The van der Waals surface area contributed by atoms with Crippen LogP contribution in [0.1, 0.15) is 12.0 Å². The Hall–Kier alpha value is -1.29. The van der Waals surface area contributed by atoms with E-state index in [9.17, 15) is 8.42 Å². The lowest BCUT2D eigenvalue weighted by molar-refractivity contribution is 0.284. The number of thiophene rings is 1. The summed E-state index contributed by atoms with van der Waals surface area (Å²) in [6, 6.07) is 8.91. The Morgan fingerprint density at radius 3 is 2.82 bits per heavy atom. The van der Waals surface area contributed by atoms with E-state index >= 15 is 0 Å². The Labute approximate surface area is 181 Å². The van der Waals surface area contributed by atoms with E-state index in [2.05, 4.69) is 14.9 Å². The summed E-state index contributed by atoms with van der Waals surface area (Å²) in [5, 5.41) is 6.06. The van der Waals surface area contributed by atoms with Crippen LogP contribution < -0.4 is 10.0 Å². The van der Waals surface area contributed by atoms with Gasteiger partial charge in [0.05, 0.1) is 12.0 Å². The van der Waals surface area contributed by atoms with Crippen LogP contribution in [0.15, 0.2) is 50.6 Å². The summed E-state index contributed by atoms with van der Waals surface area (Å²) < 4.78 is 33.8. The summed E-state index contributed by atoms with van der Waals surface area (Å²) in [7, 11) is -3.56. The van der Waals surface area contributed by atoms with Crippen LogP contribution in [-0.2, 0) is 16.6 Å². The van der Waals surface area contributed by atoms with Crippen LogP contribution in [0.5, 0.6) is 0 Å². The number of rotatable bonds is 5. The van der Waals surface area contributed by atoms with Crippen molar-refractivity contribution in [2.75, 3.05) is 30.9 Å². The first-order chi connectivity index (χ1) is 12.6. The zero-order valence-corrected chi connectivity index (χ0v) is 18.4. The van der Waals surface area contributed by atoms with Gasteiger partial charge in [-0.15, -0.1) is 36.2 Å². The molecule has 1 aliphatic rings. The predicted octanol–water partition coefficient (Wildman–Crippen LogP) is 3.93. The molecule has 1 saturated heterocycles. The summed E-state index contributed by atoms with van der Waals surface area (Å²) in [6.45, 7) is 4.72. The maximum Gasteiger partial charge on any atom is 0.271 e.